The minimum absolute atomic E-state index is 0.157. The van der Waals surface area contributed by atoms with Crippen molar-refractivity contribution in [3.63, 3.8) is 0 Å². The minimum Gasteiger partial charge on any atom is -0.398 e. The molecular weight excluding hydrogens is 230 g/mol. The lowest BCUT2D eigenvalue weighted by Crippen LogP contribution is -2.46. The van der Waals surface area contributed by atoms with Gasteiger partial charge in [0.15, 0.2) is 11.6 Å². The predicted octanol–water partition coefficient (Wildman–Crippen LogP) is 1.05. The number of carbonyl (C=O) groups excluding carboxylic acids is 1. The van der Waals surface area contributed by atoms with Gasteiger partial charge in [-0.05, 0) is 19.9 Å². The van der Waals surface area contributed by atoms with Crippen molar-refractivity contribution in [3.8, 4) is 0 Å². The molecule has 0 heterocycles. The molecule has 94 valence electrons. The Bertz CT molecular complexity index is 447. The first-order valence-electron chi connectivity index (χ1n) is 4.95. The standard InChI is InChI=1S/C11H14F2N2O2/c1-11(2,5-16)15-10(17)6-3-7(12)8(13)4-9(6)14/h3-4,16H,5,14H2,1-2H3,(H,15,17). The second-order valence-electron chi connectivity index (χ2n) is 4.35. The number of anilines is 1. The number of benzene rings is 1. The van der Waals surface area contributed by atoms with Crippen molar-refractivity contribution in [3.05, 3.63) is 29.3 Å². The fourth-order valence-electron chi connectivity index (χ4n) is 1.17. The van der Waals surface area contributed by atoms with Crippen molar-refractivity contribution in [2.45, 2.75) is 19.4 Å². The molecule has 0 saturated heterocycles. The molecule has 6 heteroatoms. The molecule has 0 spiro atoms. The van der Waals surface area contributed by atoms with E-state index in [4.69, 9.17) is 10.8 Å². The molecule has 0 atom stereocenters. The second-order valence-corrected chi connectivity index (χ2v) is 4.35. The first kappa shape index (κ1) is 13.4. The van der Waals surface area contributed by atoms with Gasteiger partial charge in [-0.15, -0.1) is 0 Å². The molecule has 0 unspecified atom stereocenters. The van der Waals surface area contributed by atoms with Gasteiger partial charge >= 0.3 is 0 Å². The maximum atomic E-state index is 13.0. The third-order valence-electron chi connectivity index (χ3n) is 2.18. The highest BCUT2D eigenvalue weighted by Gasteiger charge is 2.22. The van der Waals surface area contributed by atoms with E-state index in [1.165, 1.54) is 0 Å². The normalized spacial score (nSPS) is 11.4. The molecule has 0 fully saturated rings. The van der Waals surface area contributed by atoms with Gasteiger partial charge in [0.1, 0.15) is 0 Å². The van der Waals surface area contributed by atoms with E-state index in [0.29, 0.717) is 0 Å². The lowest BCUT2D eigenvalue weighted by molar-refractivity contribution is 0.0869. The smallest absolute Gasteiger partial charge is 0.253 e. The molecule has 1 amide bonds. The summed E-state index contributed by atoms with van der Waals surface area (Å²) < 4.78 is 25.8. The zero-order valence-electron chi connectivity index (χ0n) is 9.55. The Morgan fingerprint density at radius 1 is 1.41 bits per heavy atom. The lowest BCUT2D eigenvalue weighted by atomic mass is 10.1. The van der Waals surface area contributed by atoms with Gasteiger partial charge in [0.2, 0.25) is 0 Å². The topological polar surface area (TPSA) is 75.3 Å². The van der Waals surface area contributed by atoms with Gasteiger partial charge in [0.25, 0.3) is 5.91 Å². The number of nitrogens with two attached hydrogens (primary N) is 1. The highest BCUT2D eigenvalue weighted by atomic mass is 19.2. The Morgan fingerprint density at radius 3 is 2.47 bits per heavy atom. The molecule has 0 aromatic heterocycles. The van der Waals surface area contributed by atoms with Crippen LogP contribution in [0.4, 0.5) is 14.5 Å². The SMILES string of the molecule is CC(C)(CO)NC(=O)c1cc(F)c(F)cc1N. The third kappa shape index (κ3) is 3.13. The van der Waals surface area contributed by atoms with Crippen molar-refractivity contribution in [2.24, 2.45) is 0 Å². The number of halogens is 2. The first-order chi connectivity index (χ1) is 7.76. The van der Waals surface area contributed by atoms with Crippen LogP contribution in [0.3, 0.4) is 0 Å². The summed E-state index contributed by atoms with van der Waals surface area (Å²) in [7, 11) is 0. The number of nitrogen functional groups attached to an aromatic ring is 1. The van der Waals surface area contributed by atoms with Crippen LogP contribution < -0.4 is 11.1 Å². The Labute approximate surface area is 97.4 Å². The van der Waals surface area contributed by atoms with Crippen molar-refractivity contribution in [2.75, 3.05) is 12.3 Å². The van der Waals surface area contributed by atoms with Crippen molar-refractivity contribution in [1.82, 2.24) is 5.32 Å². The number of aliphatic hydroxyl groups is 1. The molecule has 4 nitrogen and oxygen atoms in total. The fraction of sp³-hybridized carbons (Fsp3) is 0.364. The van der Waals surface area contributed by atoms with E-state index < -0.39 is 23.1 Å². The van der Waals surface area contributed by atoms with Crippen LogP contribution >= 0.6 is 0 Å². The molecule has 0 saturated carbocycles. The van der Waals surface area contributed by atoms with Crippen LogP contribution in [0.25, 0.3) is 0 Å². The van der Waals surface area contributed by atoms with Crippen LogP contribution in [0.5, 0.6) is 0 Å². The monoisotopic (exact) mass is 244 g/mol. The number of hydrogen-bond donors (Lipinski definition) is 3. The van der Waals surface area contributed by atoms with Crippen molar-refractivity contribution < 1.29 is 18.7 Å². The quantitative estimate of drug-likeness (QED) is 0.695. The summed E-state index contributed by atoms with van der Waals surface area (Å²) >= 11 is 0. The molecule has 1 aromatic carbocycles. The van der Waals surface area contributed by atoms with Crippen LogP contribution in [0.1, 0.15) is 24.2 Å². The highest BCUT2D eigenvalue weighted by molar-refractivity contribution is 5.99. The van der Waals surface area contributed by atoms with E-state index in [-0.39, 0.29) is 17.9 Å². The van der Waals surface area contributed by atoms with Crippen LogP contribution in [0.2, 0.25) is 0 Å². The summed E-state index contributed by atoms with van der Waals surface area (Å²) in [5.41, 5.74) is 4.24. The Hall–Kier alpha value is -1.69. The summed E-state index contributed by atoms with van der Waals surface area (Å²) in [5, 5.41) is 11.4. The molecule has 1 rings (SSSR count). The van der Waals surface area contributed by atoms with Crippen LogP contribution in [0.15, 0.2) is 12.1 Å². The average molecular weight is 244 g/mol. The minimum atomic E-state index is -1.15. The number of amides is 1. The fourth-order valence-corrected chi connectivity index (χ4v) is 1.17. The predicted molar refractivity (Wildman–Crippen MR) is 59.4 cm³/mol. The molecule has 0 aliphatic rings. The number of rotatable bonds is 3. The van der Waals surface area contributed by atoms with Gasteiger partial charge in [0.05, 0.1) is 17.7 Å². The molecule has 0 aliphatic heterocycles. The Kier molecular flexibility index (Phi) is 3.67. The molecular formula is C11H14F2N2O2. The summed E-state index contributed by atoms with van der Waals surface area (Å²) in [6.45, 7) is 2.88. The maximum Gasteiger partial charge on any atom is 0.253 e. The van der Waals surface area contributed by atoms with Gasteiger partial charge in [0, 0.05) is 11.8 Å². The molecule has 1 aromatic rings. The van der Waals surface area contributed by atoms with Crippen LogP contribution in [0, 0.1) is 11.6 Å². The van der Waals surface area contributed by atoms with Gasteiger partial charge in [-0.3, -0.25) is 4.79 Å². The largest absolute Gasteiger partial charge is 0.398 e. The van der Waals surface area contributed by atoms with E-state index in [0.717, 1.165) is 12.1 Å². The van der Waals surface area contributed by atoms with Gasteiger partial charge < -0.3 is 16.2 Å². The van der Waals surface area contributed by atoms with E-state index >= 15 is 0 Å². The lowest BCUT2D eigenvalue weighted by Gasteiger charge is -2.23. The number of carbonyl (C=O) groups is 1. The van der Waals surface area contributed by atoms with Gasteiger partial charge in [-0.2, -0.15) is 0 Å². The average Bonchev–Trinajstić information content (AvgIpc) is 2.22. The molecule has 4 N–H and O–H groups in total. The summed E-state index contributed by atoms with van der Waals surface area (Å²) in [6, 6.07) is 1.48. The number of hydrogen-bond acceptors (Lipinski definition) is 3. The van der Waals surface area contributed by atoms with Crippen molar-refractivity contribution >= 4 is 11.6 Å². The summed E-state index contributed by atoms with van der Waals surface area (Å²) in [5.74, 6) is -2.92. The van der Waals surface area contributed by atoms with E-state index in [1.807, 2.05) is 0 Å². The van der Waals surface area contributed by atoms with Crippen LogP contribution in [-0.4, -0.2) is 23.2 Å². The molecule has 17 heavy (non-hydrogen) atoms. The maximum absolute atomic E-state index is 13.0. The Balaban J connectivity index is 3.01. The summed E-state index contributed by atoms with van der Waals surface area (Å²) in [6.07, 6.45) is 0. The van der Waals surface area contributed by atoms with E-state index in [1.54, 1.807) is 13.8 Å². The highest BCUT2D eigenvalue weighted by Crippen LogP contribution is 2.17. The molecule has 0 radical (unpaired) electrons. The number of nitrogens with one attached hydrogen (secondary N) is 1. The Morgan fingerprint density at radius 2 is 1.94 bits per heavy atom. The zero-order valence-corrected chi connectivity index (χ0v) is 9.55. The molecule has 0 aliphatic carbocycles. The molecule has 0 bridgehead atoms. The van der Waals surface area contributed by atoms with E-state index in [2.05, 4.69) is 5.32 Å². The van der Waals surface area contributed by atoms with E-state index in [9.17, 15) is 13.6 Å². The van der Waals surface area contributed by atoms with Crippen molar-refractivity contribution in [1.29, 1.82) is 0 Å². The van der Waals surface area contributed by atoms with Gasteiger partial charge in [-0.1, -0.05) is 0 Å². The first-order valence-corrected chi connectivity index (χ1v) is 4.95. The second kappa shape index (κ2) is 4.67. The van der Waals surface area contributed by atoms with Gasteiger partial charge in [-0.25, -0.2) is 8.78 Å². The third-order valence-corrected chi connectivity index (χ3v) is 2.18. The zero-order chi connectivity index (χ0) is 13.2. The van der Waals surface area contributed by atoms with Crippen LogP contribution in [-0.2, 0) is 0 Å². The summed E-state index contributed by atoms with van der Waals surface area (Å²) in [4.78, 5) is 11.7. The number of aliphatic hydroxyl groups excluding tert-OH is 1.